The number of likely N-dealkylation sites (tertiary alicyclic amines) is 1. The van der Waals surface area contributed by atoms with Crippen LogP contribution in [0.15, 0.2) is 18.2 Å². The smallest absolute Gasteiger partial charge is 0.222 e. The van der Waals surface area contributed by atoms with Crippen molar-refractivity contribution >= 4 is 28.9 Å². The van der Waals surface area contributed by atoms with E-state index < -0.39 is 0 Å². The molecule has 0 aromatic heterocycles. The SMILES string of the molecule is Cc1ccc(NC(=S)N2CCCC(C(N)=O)C2)cc1C. The monoisotopic (exact) mass is 291 g/mol. The highest BCUT2D eigenvalue weighted by atomic mass is 32.1. The number of hydrogen-bond acceptors (Lipinski definition) is 2. The standard InChI is InChI=1S/C15H21N3OS/c1-10-5-6-13(8-11(10)2)17-15(20)18-7-3-4-12(9-18)14(16)19/h5-6,8,12H,3-4,7,9H2,1-2H3,(H2,16,19)(H,17,20). The molecule has 5 heteroatoms. The topological polar surface area (TPSA) is 58.4 Å². The highest BCUT2D eigenvalue weighted by molar-refractivity contribution is 7.80. The fourth-order valence-corrected chi connectivity index (χ4v) is 2.70. The maximum Gasteiger partial charge on any atom is 0.222 e. The Balaban J connectivity index is 2.00. The number of nitrogens with zero attached hydrogens (tertiary/aromatic N) is 1. The van der Waals surface area contributed by atoms with Crippen molar-refractivity contribution in [1.29, 1.82) is 0 Å². The first-order valence-corrected chi connectivity index (χ1v) is 7.30. The van der Waals surface area contributed by atoms with Gasteiger partial charge in [0, 0.05) is 18.8 Å². The zero-order chi connectivity index (χ0) is 14.7. The molecule has 1 unspecified atom stereocenters. The molecule has 1 atom stereocenters. The third kappa shape index (κ3) is 3.48. The summed E-state index contributed by atoms with van der Waals surface area (Å²) in [5.41, 5.74) is 8.86. The number of rotatable bonds is 2. The molecule has 1 aliphatic heterocycles. The van der Waals surface area contributed by atoms with Crippen molar-refractivity contribution in [2.75, 3.05) is 18.4 Å². The van der Waals surface area contributed by atoms with Gasteiger partial charge < -0.3 is 16.0 Å². The average Bonchev–Trinajstić information content (AvgIpc) is 2.43. The van der Waals surface area contributed by atoms with Gasteiger partial charge in [0.25, 0.3) is 0 Å². The summed E-state index contributed by atoms with van der Waals surface area (Å²) in [6.07, 6.45) is 1.81. The van der Waals surface area contributed by atoms with Gasteiger partial charge in [0.15, 0.2) is 5.11 Å². The molecule has 0 radical (unpaired) electrons. The van der Waals surface area contributed by atoms with Crippen molar-refractivity contribution in [3.63, 3.8) is 0 Å². The summed E-state index contributed by atoms with van der Waals surface area (Å²) in [5, 5.41) is 3.91. The van der Waals surface area contributed by atoms with E-state index in [9.17, 15) is 4.79 Å². The molecule has 1 saturated heterocycles. The lowest BCUT2D eigenvalue weighted by atomic mass is 9.98. The van der Waals surface area contributed by atoms with Crippen LogP contribution in [-0.2, 0) is 4.79 Å². The van der Waals surface area contributed by atoms with Crippen LogP contribution in [0.25, 0.3) is 0 Å². The maximum atomic E-state index is 11.3. The molecule has 0 bridgehead atoms. The largest absolute Gasteiger partial charge is 0.369 e. The van der Waals surface area contributed by atoms with Crippen LogP contribution in [-0.4, -0.2) is 29.0 Å². The Morgan fingerprint density at radius 1 is 1.40 bits per heavy atom. The normalized spacial score (nSPS) is 18.7. The van der Waals surface area contributed by atoms with Gasteiger partial charge in [-0.25, -0.2) is 0 Å². The molecule has 0 saturated carbocycles. The van der Waals surface area contributed by atoms with Gasteiger partial charge in [0.2, 0.25) is 5.91 Å². The summed E-state index contributed by atoms with van der Waals surface area (Å²) < 4.78 is 0. The number of carbonyl (C=O) groups is 1. The molecule has 4 nitrogen and oxygen atoms in total. The van der Waals surface area contributed by atoms with Crippen LogP contribution >= 0.6 is 12.2 Å². The molecule has 20 heavy (non-hydrogen) atoms. The van der Waals surface area contributed by atoms with E-state index in [-0.39, 0.29) is 11.8 Å². The molecule has 0 spiro atoms. The predicted octanol–water partition coefficient (Wildman–Crippen LogP) is 2.20. The number of nitrogens with one attached hydrogen (secondary N) is 1. The van der Waals surface area contributed by atoms with E-state index in [4.69, 9.17) is 18.0 Å². The molecule has 0 aliphatic carbocycles. The second-order valence-electron chi connectivity index (χ2n) is 5.42. The number of anilines is 1. The van der Waals surface area contributed by atoms with Gasteiger partial charge in [-0.15, -0.1) is 0 Å². The molecular weight excluding hydrogens is 270 g/mol. The minimum atomic E-state index is -0.233. The summed E-state index contributed by atoms with van der Waals surface area (Å²) in [7, 11) is 0. The van der Waals surface area contributed by atoms with Crippen molar-refractivity contribution in [3.05, 3.63) is 29.3 Å². The second-order valence-corrected chi connectivity index (χ2v) is 5.80. The molecule has 3 N–H and O–H groups in total. The zero-order valence-corrected chi connectivity index (χ0v) is 12.8. The van der Waals surface area contributed by atoms with Gasteiger partial charge in [0.1, 0.15) is 0 Å². The molecular formula is C15H21N3OS. The molecule has 1 heterocycles. The van der Waals surface area contributed by atoms with Gasteiger partial charge in [-0.1, -0.05) is 6.07 Å². The van der Waals surface area contributed by atoms with E-state index in [0.29, 0.717) is 11.7 Å². The molecule has 2 rings (SSSR count). The number of hydrogen-bond donors (Lipinski definition) is 2. The minimum absolute atomic E-state index is 0.0942. The highest BCUT2D eigenvalue weighted by Gasteiger charge is 2.25. The highest BCUT2D eigenvalue weighted by Crippen LogP contribution is 2.19. The van der Waals surface area contributed by atoms with Crippen LogP contribution in [0.4, 0.5) is 5.69 Å². The summed E-state index contributed by atoms with van der Waals surface area (Å²) in [6.45, 7) is 5.65. The first-order chi connectivity index (χ1) is 9.47. The number of thiocarbonyl (C=S) groups is 1. The Labute approximate surface area is 125 Å². The van der Waals surface area contributed by atoms with Crippen molar-refractivity contribution in [2.24, 2.45) is 11.7 Å². The lowest BCUT2D eigenvalue weighted by molar-refractivity contribution is -0.122. The number of nitrogens with two attached hydrogens (primary N) is 1. The van der Waals surface area contributed by atoms with E-state index >= 15 is 0 Å². The number of primary amides is 1. The van der Waals surface area contributed by atoms with Crippen molar-refractivity contribution in [3.8, 4) is 0 Å². The van der Waals surface area contributed by atoms with Crippen LogP contribution in [0, 0.1) is 19.8 Å². The number of carbonyl (C=O) groups excluding carboxylic acids is 1. The third-order valence-electron chi connectivity index (χ3n) is 3.87. The quantitative estimate of drug-likeness (QED) is 0.820. The van der Waals surface area contributed by atoms with Crippen LogP contribution in [0.1, 0.15) is 24.0 Å². The second kappa shape index (κ2) is 6.22. The van der Waals surface area contributed by atoms with Crippen molar-refractivity contribution in [1.82, 2.24) is 4.90 Å². The van der Waals surface area contributed by atoms with Crippen molar-refractivity contribution in [2.45, 2.75) is 26.7 Å². The predicted molar refractivity (Wildman–Crippen MR) is 85.6 cm³/mol. The summed E-state index contributed by atoms with van der Waals surface area (Å²) >= 11 is 5.43. The van der Waals surface area contributed by atoms with Crippen LogP contribution < -0.4 is 11.1 Å². The van der Waals surface area contributed by atoms with Crippen molar-refractivity contribution < 1.29 is 4.79 Å². The van der Waals surface area contributed by atoms with E-state index in [2.05, 4.69) is 31.3 Å². The van der Waals surface area contributed by atoms with Crippen LogP contribution in [0.2, 0.25) is 0 Å². The minimum Gasteiger partial charge on any atom is -0.369 e. The van der Waals surface area contributed by atoms with Crippen LogP contribution in [0.3, 0.4) is 0 Å². The third-order valence-corrected chi connectivity index (χ3v) is 4.23. The van der Waals surface area contributed by atoms with Gasteiger partial charge in [-0.3, -0.25) is 4.79 Å². The zero-order valence-electron chi connectivity index (χ0n) is 12.0. The van der Waals surface area contributed by atoms with E-state index in [1.54, 1.807) is 0 Å². The number of amides is 1. The Morgan fingerprint density at radius 2 is 2.15 bits per heavy atom. The molecule has 1 aromatic rings. The maximum absolute atomic E-state index is 11.3. The molecule has 1 amide bonds. The van der Waals surface area contributed by atoms with E-state index in [1.165, 1.54) is 11.1 Å². The molecule has 1 fully saturated rings. The first-order valence-electron chi connectivity index (χ1n) is 6.90. The summed E-state index contributed by atoms with van der Waals surface area (Å²) in [4.78, 5) is 13.3. The first kappa shape index (κ1) is 14.8. The lowest BCUT2D eigenvalue weighted by Gasteiger charge is -2.33. The van der Waals surface area contributed by atoms with E-state index in [1.807, 2.05) is 11.0 Å². The number of piperidine rings is 1. The number of benzene rings is 1. The Bertz CT molecular complexity index is 530. The fraction of sp³-hybridized carbons (Fsp3) is 0.467. The van der Waals surface area contributed by atoms with Crippen LogP contribution in [0.5, 0.6) is 0 Å². The van der Waals surface area contributed by atoms with Gasteiger partial charge in [-0.05, 0) is 62.2 Å². The summed E-state index contributed by atoms with van der Waals surface area (Å²) in [6, 6.07) is 6.17. The fourth-order valence-electron chi connectivity index (χ4n) is 2.42. The Morgan fingerprint density at radius 3 is 2.80 bits per heavy atom. The van der Waals surface area contributed by atoms with Gasteiger partial charge >= 0.3 is 0 Å². The van der Waals surface area contributed by atoms with E-state index in [0.717, 1.165) is 25.1 Å². The Hall–Kier alpha value is -1.62. The molecule has 1 aliphatic rings. The van der Waals surface area contributed by atoms with Gasteiger partial charge in [0.05, 0.1) is 5.92 Å². The number of aryl methyl sites for hydroxylation is 2. The summed E-state index contributed by atoms with van der Waals surface area (Å²) in [5.74, 6) is -0.327. The molecule has 1 aromatic carbocycles. The average molecular weight is 291 g/mol. The Kier molecular flexibility index (Phi) is 4.60. The van der Waals surface area contributed by atoms with Gasteiger partial charge in [-0.2, -0.15) is 0 Å². The molecule has 108 valence electrons. The lowest BCUT2D eigenvalue weighted by Crippen LogP contribution is -2.45.